The van der Waals surface area contributed by atoms with Crippen LogP contribution in [-0.2, 0) is 0 Å². The molecule has 0 amide bonds. The van der Waals surface area contributed by atoms with Crippen LogP contribution in [0.5, 0.6) is 5.75 Å². The van der Waals surface area contributed by atoms with Crippen molar-refractivity contribution in [3.63, 3.8) is 0 Å². The van der Waals surface area contributed by atoms with Gasteiger partial charge in [0.15, 0.2) is 5.75 Å². The lowest BCUT2D eigenvalue weighted by Gasteiger charge is -2.15. The zero-order valence-electron chi connectivity index (χ0n) is 10.7. The van der Waals surface area contributed by atoms with Gasteiger partial charge in [0.1, 0.15) is 5.56 Å². The van der Waals surface area contributed by atoms with E-state index in [1.807, 2.05) is 4.57 Å². The number of carboxylic acids is 1. The number of aromatic nitrogens is 1. The number of fused-ring (bicyclic) bond motifs is 1. The molecule has 1 fully saturated rings. The third-order valence-corrected chi connectivity index (χ3v) is 4.10. The maximum atomic E-state index is 12.3. The van der Waals surface area contributed by atoms with Gasteiger partial charge in [-0.25, -0.2) is 4.79 Å². The fourth-order valence-corrected chi connectivity index (χ4v) is 2.86. The normalized spacial score (nSPS) is 14.5. The molecule has 1 aliphatic carbocycles. The molecule has 3 rings (SSSR count). The molecule has 0 spiro atoms. The standard InChI is InChI=1S/C14H12BrNO4/c1-20-13-10(15)5-4-8-11(13)16(7-2-3-7)6-9(12(8)17)14(18)19/h4-7H,2-3H2,1H3,(H,18,19). The minimum atomic E-state index is -1.20. The molecule has 0 unspecified atom stereocenters. The first kappa shape index (κ1) is 13.2. The van der Waals surface area contributed by atoms with Crippen LogP contribution < -0.4 is 10.2 Å². The van der Waals surface area contributed by atoms with Crippen LogP contribution in [-0.4, -0.2) is 22.8 Å². The van der Waals surface area contributed by atoms with E-state index in [-0.39, 0.29) is 11.6 Å². The minimum absolute atomic E-state index is 0.200. The molecular formula is C14H12BrNO4. The van der Waals surface area contributed by atoms with Crippen molar-refractivity contribution in [3.8, 4) is 5.75 Å². The van der Waals surface area contributed by atoms with Gasteiger partial charge in [0, 0.05) is 12.2 Å². The summed E-state index contributed by atoms with van der Waals surface area (Å²) in [6.07, 6.45) is 3.39. The van der Waals surface area contributed by atoms with Crippen molar-refractivity contribution >= 4 is 32.8 Å². The molecule has 104 valence electrons. The fourth-order valence-electron chi connectivity index (χ4n) is 2.38. The van der Waals surface area contributed by atoms with Crippen LogP contribution in [0.15, 0.2) is 27.6 Å². The van der Waals surface area contributed by atoms with E-state index in [9.17, 15) is 14.7 Å². The van der Waals surface area contributed by atoms with Gasteiger partial charge >= 0.3 is 5.97 Å². The van der Waals surface area contributed by atoms with E-state index < -0.39 is 11.4 Å². The van der Waals surface area contributed by atoms with Crippen molar-refractivity contribution in [2.24, 2.45) is 0 Å². The van der Waals surface area contributed by atoms with Crippen LogP contribution in [0.2, 0.25) is 0 Å². The van der Waals surface area contributed by atoms with Crippen LogP contribution in [0.25, 0.3) is 10.9 Å². The van der Waals surface area contributed by atoms with E-state index in [2.05, 4.69) is 15.9 Å². The Morgan fingerprint density at radius 2 is 2.15 bits per heavy atom. The average Bonchev–Trinajstić information content (AvgIpc) is 3.23. The van der Waals surface area contributed by atoms with Gasteiger partial charge in [-0.1, -0.05) is 0 Å². The molecular weight excluding hydrogens is 326 g/mol. The molecule has 2 aromatic rings. The largest absolute Gasteiger partial charge is 0.493 e. The highest BCUT2D eigenvalue weighted by molar-refractivity contribution is 9.10. The summed E-state index contributed by atoms with van der Waals surface area (Å²) in [4.78, 5) is 23.5. The number of pyridine rings is 1. The van der Waals surface area contributed by atoms with Gasteiger partial charge < -0.3 is 14.4 Å². The molecule has 1 aliphatic rings. The van der Waals surface area contributed by atoms with Gasteiger partial charge in [0.2, 0.25) is 5.43 Å². The van der Waals surface area contributed by atoms with Crippen LogP contribution in [0.3, 0.4) is 0 Å². The molecule has 0 aliphatic heterocycles. The number of benzene rings is 1. The van der Waals surface area contributed by atoms with Gasteiger partial charge in [-0.2, -0.15) is 0 Å². The first-order valence-corrected chi connectivity index (χ1v) is 6.98. The van der Waals surface area contributed by atoms with Crippen molar-refractivity contribution in [2.75, 3.05) is 7.11 Å². The number of nitrogens with zero attached hydrogens (tertiary/aromatic N) is 1. The number of hydrogen-bond acceptors (Lipinski definition) is 3. The summed E-state index contributed by atoms with van der Waals surface area (Å²) in [5.41, 5.74) is -0.0247. The van der Waals surface area contributed by atoms with E-state index >= 15 is 0 Å². The second-order valence-electron chi connectivity index (χ2n) is 4.79. The van der Waals surface area contributed by atoms with Crippen LogP contribution in [0.4, 0.5) is 0 Å². The van der Waals surface area contributed by atoms with Crippen molar-refractivity contribution in [2.45, 2.75) is 18.9 Å². The van der Waals surface area contributed by atoms with Gasteiger partial charge in [-0.15, -0.1) is 0 Å². The number of aromatic carboxylic acids is 1. The summed E-state index contributed by atoms with van der Waals surface area (Å²) in [6.45, 7) is 0. The van der Waals surface area contributed by atoms with Gasteiger partial charge in [-0.3, -0.25) is 4.79 Å². The third-order valence-electron chi connectivity index (χ3n) is 3.47. The van der Waals surface area contributed by atoms with Gasteiger partial charge in [0.05, 0.1) is 22.5 Å². The fraction of sp³-hybridized carbons (Fsp3) is 0.286. The zero-order valence-corrected chi connectivity index (χ0v) is 12.3. The zero-order chi connectivity index (χ0) is 14.4. The lowest BCUT2D eigenvalue weighted by molar-refractivity contribution is 0.0695. The number of rotatable bonds is 3. The molecule has 1 saturated carbocycles. The Hall–Kier alpha value is -1.82. The Morgan fingerprint density at radius 1 is 1.45 bits per heavy atom. The van der Waals surface area contributed by atoms with Crippen molar-refractivity contribution < 1.29 is 14.6 Å². The molecule has 0 radical (unpaired) electrons. The Kier molecular flexibility index (Phi) is 3.05. The molecule has 1 aromatic carbocycles. The topological polar surface area (TPSA) is 68.5 Å². The molecule has 5 nitrogen and oxygen atoms in total. The molecule has 20 heavy (non-hydrogen) atoms. The van der Waals surface area contributed by atoms with Crippen LogP contribution >= 0.6 is 15.9 Å². The highest BCUT2D eigenvalue weighted by atomic mass is 79.9. The number of hydrogen-bond donors (Lipinski definition) is 1. The first-order valence-electron chi connectivity index (χ1n) is 6.19. The summed E-state index contributed by atoms with van der Waals surface area (Å²) in [6, 6.07) is 3.57. The lowest BCUT2D eigenvalue weighted by atomic mass is 10.1. The number of halogens is 1. The smallest absolute Gasteiger partial charge is 0.341 e. The average molecular weight is 338 g/mol. The van der Waals surface area contributed by atoms with Crippen molar-refractivity contribution in [1.29, 1.82) is 0 Å². The maximum absolute atomic E-state index is 12.3. The predicted octanol–water partition coefficient (Wildman–Crippen LogP) is 2.81. The summed E-state index contributed by atoms with van der Waals surface area (Å²) in [7, 11) is 1.53. The number of ether oxygens (including phenoxy) is 1. The SMILES string of the molecule is COc1c(Br)ccc2c(=O)c(C(=O)O)cn(C3CC3)c12. The van der Waals surface area contributed by atoms with E-state index in [0.29, 0.717) is 16.7 Å². The Balaban J connectivity index is 2.48. The quantitative estimate of drug-likeness (QED) is 0.934. The van der Waals surface area contributed by atoms with Crippen LogP contribution in [0, 0.1) is 0 Å². The number of methoxy groups -OCH3 is 1. The Morgan fingerprint density at radius 3 is 2.70 bits per heavy atom. The van der Waals surface area contributed by atoms with Gasteiger partial charge in [-0.05, 0) is 40.9 Å². The van der Waals surface area contributed by atoms with E-state index in [1.54, 1.807) is 12.1 Å². The van der Waals surface area contributed by atoms with E-state index in [4.69, 9.17) is 4.74 Å². The third kappa shape index (κ3) is 1.91. The second kappa shape index (κ2) is 4.63. The summed E-state index contributed by atoms with van der Waals surface area (Å²) in [5, 5.41) is 9.55. The predicted molar refractivity (Wildman–Crippen MR) is 77.7 cm³/mol. The van der Waals surface area contributed by atoms with Crippen molar-refractivity contribution in [3.05, 3.63) is 38.6 Å². The molecule has 0 bridgehead atoms. The Labute approximate surface area is 122 Å². The monoisotopic (exact) mass is 337 g/mol. The number of carboxylic acid groups (broad SMARTS) is 1. The number of carbonyl (C=O) groups is 1. The highest BCUT2D eigenvalue weighted by Crippen LogP contribution is 2.41. The molecule has 1 heterocycles. The summed E-state index contributed by atoms with van der Waals surface area (Å²) >= 11 is 3.40. The Bertz CT molecular complexity index is 777. The molecule has 0 saturated heterocycles. The molecule has 1 aromatic heterocycles. The summed E-state index contributed by atoms with van der Waals surface area (Å²) < 4.78 is 7.97. The maximum Gasteiger partial charge on any atom is 0.341 e. The second-order valence-corrected chi connectivity index (χ2v) is 5.65. The molecule has 6 heteroatoms. The van der Waals surface area contributed by atoms with E-state index in [1.165, 1.54) is 13.3 Å². The van der Waals surface area contributed by atoms with Crippen LogP contribution in [0.1, 0.15) is 29.2 Å². The first-order chi connectivity index (χ1) is 9.54. The minimum Gasteiger partial charge on any atom is -0.493 e. The molecule has 0 atom stereocenters. The molecule has 1 N–H and O–H groups in total. The van der Waals surface area contributed by atoms with Gasteiger partial charge in [0.25, 0.3) is 0 Å². The lowest BCUT2D eigenvalue weighted by Crippen LogP contribution is -2.19. The summed E-state index contributed by atoms with van der Waals surface area (Å²) in [5.74, 6) is -0.642. The van der Waals surface area contributed by atoms with E-state index in [0.717, 1.165) is 17.3 Å². The highest BCUT2D eigenvalue weighted by Gasteiger charge is 2.28. The van der Waals surface area contributed by atoms with Crippen molar-refractivity contribution in [1.82, 2.24) is 4.57 Å².